The van der Waals surface area contributed by atoms with E-state index in [1.165, 1.54) is 24.0 Å². The molecule has 106 valence electrons. The molecule has 1 aliphatic heterocycles. The van der Waals surface area contributed by atoms with Gasteiger partial charge in [0.2, 0.25) is 0 Å². The minimum Gasteiger partial charge on any atom is -0.381 e. The normalized spacial score (nSPS) is 18.7. The van der Waals surface area contributed by atoms with Gasteiger partial charge in [-0.15, -0.1) is 0 Å². The van der Waals surface area contributed by atoms with E-state index < -0.39 is 0 Å². The summed E-state index contributed by atoms with van der Waals surface area (Å²) in [5, 5.41) is 3.66. The number of hydrogen-bond acceptors (Lipinski definition) is 2. The van der Waals surface area contributed by atoms with Crippen molar-refractivity contribution >= 4 is 0 Å². The second-order valence-corrected chi connectivity index (χ2v) is 6.01. The van der Waals surface area contributed by atoms with Crippen LogP contribution in [0, 0.1) is 5.92 Å². The van der Waals surface area contributed by atoms with Crippen LogP contribution >= 0.6 is 0 Å². The van der Waals surface area contributed by atoms with E-state index in [4.69, 9.17) is 4.74 Å². The summed E-state index contributed by atoms with van der Waals surface area (Å²) >= 11 is 0. The molecule has 1 aromatic rings. The summed E-state index contributed by atoms with van der Waals surface area (Å²) in [6.07, 6.45) is 2.40. The second-order valence-electron chi connectivity index (χ2n) is 6.01. The Morgan fingerprint density at radius 1 is 1.05 bits per heavy atom. The van der Waals surface area contributed by atoms with Crippen LogP contribution in [-0.2, 0) is 4.74 Å². The molecule has 1 saturated heterocycles. The Kier molecular flexibility index (Phi) is 5.41. The lowest BCUT2D eigenvalue weighted by Crippen LogP contribution is -2.29. The van der Waals surface area contributed by atoms with Gasteiger partial charge < -0.3 is 10.1 Å². The fourth-order valence-corrected chi connectivity index (χ4v) is 2.58. The van der Waals surface area contributed by atoms with Crippen LogP contribution < -0.4 is 5.32 Å². The van der Waals surface area contributed by atoms with Crippen molar-refractivity contribution in [2.75, 3.05) is 19.8 Å². The van der Waals surface area contributed by atoms with Crippen molar-refractivity contribution in [3.05, 3.63) is 35.4 Å². The first-order valence-electron chi connectivity index (χ1n) is 7.58. The molecule has 0 aliphatic carbocycles. The lowest BCUT2D eigenvalue weighted by molar-refractivity contribution is 0.0656. The molecule has 1 fully saturated rings. The highest BCUT2D eigenvalue weighted by Crippen LogP contribution is 2.20. The molecule has 2 rings (SSSR count). The number of nitrogens with one attached hydrogen (secondary N) is 1. The van der Waals surface area contributed by atoms with Gasteiger partial charge in [-0.25, -0.2) is 0 Å². The van der Waals surface area contributed by atoms with Gasteiger partial charge in [0, 0.05) is 19.3 Å². The van der Waals surface area contributed by atoms with Gasteiger partial charge in [-0.05, 0) is 49.3 Å². The molecule has 1 N–H and O–H groups in total. The maximum atomic E-state index is 5.40. The van der Waals surface area contributed by atoms with Crippen molar-refractivity contribution in [1.82, 2.24) is 5.32 Å². The van der Waals surface area contributed by atoms with E-state index >= 15 is 0 Å². The summed E-state index contributed by atoms with van der Waals surface area (Å²) in [7, 11) is 0. The third-order valence-electron chi connectivity index (χ3n) is 4.16. The van der Waals surface area contributed by atoms with Gasteiger partial charge in [-0.2, -0.15) is 0 Å². The molecule has 2 heteroatoms. The molecule has 0 amide bonds. The van der Waals surface area contributed by atoms with E-state index in [1.54, 1.807) is 0 Å². The Morgan fingerprint density at radius 3 is 2.21 bits per heavy atom. The predicted octanol–water partition coefficient (Wildman–Crippen LogP) is 3.89. The van der Waals surface area contributed by atoms with Gasteiger partial charge in [0.15, 0.2) is 0 Å². The van der Waals surface area contributed by atoms with Crippen LogP contribution in [0.15, 0.2) is 24.3 Å². The van der Waals surface area contributed by atoms with Crippen LogP contribution in [0.4, 0.5) is 0 Å². The first-order valence-corrected chi connectivity index (χ1v) is 7.58. The van der Waals surface area contributed by atoms with E-state index in [9.17, 15) is 0 Å². The SMILES string of the molecule is CC(C)c1ccc(C(C)NCC2CCOCC2)cc1. The summed E-state index contributed by atoms with van der Waals surface area (Å²) < 4.78 is 5.40. The molecule has 1 aromatic carbocycles. The Bertz CT molecular complexity index is 365. The molecule has 0 aromatic heterocycles. The lowest BCUT2D eigenvalue weighted by Gasteiger charge is -2.24. The van der Waals surface area contributed by atoms with Crippen molar-refractivity contribution in [3.63, 3.8) is 0 Å². The third kappa shape index (κ3) is 4.32. The van der Waals surface area contributed by atoms with Crippen molar-refractivity contribution in [2.24, 2.45) is 5.92 Å². The number of ether oxygens (including phenoxy) is 1. The highest BCUT2D eigenvalue weighted by atomic mass is 16.5. The monoisotopic (exact) mass is 261 g/mol. The van der Waals surface area contributed by atoms with E-state index in [2.05, 4.69) is 50.4 Å². The van der Waals surface area contributed by atoms with Crippen molar-refractivity contribution < 1.29 is 4.74 Å². The minimum atomic E-state index is 0.434. The summed E-state index contributed by atoms with van der Waals surface area (Å²) in [5.41, 5.74) is 2.80. The van der Waals surface area contributed by atoms with E-state index in [0.717, 1.165) is 25.7 Å². The Balaban J connectivity index is 1.83. The molecule has 2 nitrogen and oxygen atoms in total. The Labute approximate surface area is 117 Å². The van der Waals surface area contributed by atoms with Crippen molar-refractivity contribution in [2.45, 2.75) is 45.6 Å². The summed E-state index contributed by atoms with van der Waals surface area (Å²) in [6, 6.07) is 9.47. The predicted molar refractivity (Wildman–Crippen MR) is 80.5 cm³/mol. The minimum absolute atomic E-state index is 0.434. The largest absolute Gasteiger partial charge is 0.381 e. The highest BCUT2D eigenvalue weighted by Gasteiger charge is 2.15. The number of benzene rings is 1. The quantitative estimate of drug-likeness (QED) is 0.868. The average molecular weight is 261 g/mol. The fourth-order valence-electron chi connectivity index (χ4n) is 2.58. The summed E-state index contributed by atoms with van der Waals surface area (Å²) in [5.74, 6) is 1.39. The van der Waals surface area contributed by atoms with Crippen LogP contribution in [0.1, 0.15) is 56.7 Å². The smallest absolute Gasteiger partial charge is 0.0469 e. The molecule has 19 heavy (non-hydrogen) atoms. The zero-order valence-electron chi connectivity index (χ0n) is 12.5. The van der Waals surface area contributed by atoms with Gasteiger partial charge in [0.1, 0.15) is 0 Å². The van der Waals surface area contributed by atoms with E-state index in [0.29, 0.717) is 12.0 Å². The van der Waals surface area contributed by atoms with E-state index in [-0.39, 0.29) is 0 Å². The average Bonchev–Trinajstić information content (AvgIpc) is 2.46. The van der Waals surface area contributed by atoms with Gasteiger partial charge in [-0.3, -0.25) is 0 Å². The molecule has 1 heterocycles. The zero-order valence-corrected chi connectivity index (χ0v) is 12.5. The van der Waals surface area contributed by atoms with Gasteiger partial charge >= 0.3 is 0 Å². The van der Waals surface area contributed by atoms with Crippen LogP contribution in [-0.4, -0.2) is 19.8 Å². The van der Waals surface area contributed by atoms with Gasteiger partial charge in [-0.1, -0.05) is 38.1 Å². The maximum Gasteiger partial charge on any atom is 0.0469 e. The molecular weight excluding hydrogens is 234 g/mol. The molecule has 0 radical (unpaired) electrons. The van der Waals surface area contributed by atoms with Crippen LogP contribution in [0.25, 0.3) is 0 Å². The lowest BCUT2D eigenvalue weighted by atomic mass is 9.98. The van der Waals surface area contributed by atoms with Gasteiger partial charge in [0.25, 0.3) is 0 Å². The van der Waals surface area contributed by atoms with Crippen molar-refractivity contribution in [3.8, 4) is 0 Å². The maximum absolute atomic E-state index is 5.40. The van der Waals surface area contributed by atoms with Crippen LogP contribution in [0.5, 0.6) is 0 Å². The molecule has 0 saturated carbocycles. The number of rotatable bonds is 5. The zero-order chi connectivity index (χ0) is 13.7. The molecule has 0 bridgehead atoms. The Hall–Kier alpha value is -0.860. The Morgan fingerprint density at radius 2 is 1.63 bits per heavy atom. The molecular formula is C17H27NO. The molecule has 1 unspecified atom stereocenters. The molecule has 1 aliphatic rings. The van der Waals surface area contributed by atoms with Crippen LogP contribution in [0.3, 0.4) is 0 Å². The van der Waals surface area contributed by atoms with E-state index in [1.807, 2.05) is 0 Å². The molecule has 0 spiro atoms. The van der Waals surface area contributed by atoms with Crippen molar-refractivity contribution in [1.29, 1.82) is 0 Å². The second kappa shape index (κ2) is 7.06. The summed E-state index contributed by atoms with van der Waals surface area (Å²) in [4.78, 5) is 0. The first-order chi connectivity index (χ1) is 9.16. The summed E-state index contributed by atoms with van der Waals surface area (Å²) in [6.45, 7) is 9.71. The number of hydrogen-bond donors (Lipinski definition) is 1. The fraction of sp³-hybridized carbons (Fsp3) is 0.647. The topological polar surface area (TPSA) is 21.3 Å². The first kappa shape index (κ1) is 14.5. The highest BCUT2D eigenvalue weighted by molar-refractivity contribution is 5.26. The van der Waals surface area contributed by atoms with Gasteiger partial charge in [0.05, 0.1) is 0 Å². The standard InChI is InChI=1S/C17H27NO/c1-13(2)16-4-6-17(7-5-16)14(3)18-12-15-8-10-19-11-9-15/h4-7,13-15,18H,8-12H2,1-3H3. The van der Waals surface area contributed by atoms with Crippen LogP contribution in [0.2, 0.25) is 0 Å². The molecule has 1 atom stereocenters. The third-order valence-corrected chi connectivity index (χ3v) is 4.16.